The number of carbonyl (C=O) groups excluding carboxylic acids is 1. The number of rotatable bonds is 2. The fourth-order valence-electron chi connectivity index (χ4n) is 3.06. The number of carbonyl (C=O) groups is 1. The molecule has 0 radical (unpaired) electrons. The van der Waals surface area contributed by atoms with E-state index < -0.39 is 5.91 Å². The predicted octanol–water partition coefficient (Wildman–Crippen LogP) is 2.44. The molecule has 0 atom stereocenters. The van der Waals surface area contributed by atoms with E-state index in [0.29, 0.717) is 28.8 Å². The molecular formula is C19H15N3O2. The molecule has 0 unspecified atom stereocenters. The minimum Gasteiger partial charge on any atom is -0.366 e. The van der Waals surface area contributed by atoms with E-state index in [1.165, 1.54) is 0 Å². The lowest BCUT2D eigenvalue weighted by Gasteiger charge is -2.06. The van der Waals surface area contributed by atoms with Gasteiger partial charge >= 0.3 is 0 Å². The van der Waals surface area contributed by atoms with Crippen molar-refractivity contribution in [2.45, 2.75) is 13.0 Å². The maximum Gasteiger partial charge on any atom is 0.261 e. The van der Waals surface area contributed by atoms with Crippen molar-refractivity contribution in [1.82, 2.24) is 9.55 Å². The van der Waals surface area contributed by atoms with E-state index in [1.54, 1.807) is 22.8 Å². The SMILES string of the molecule is NC(=O)c1ccc2c(=O)n3c(nc2c1)/C(=C/c1ccccc1)CC3. The van der Waals surface area contributed by atoms with Gasteiger partial charge in [0.05, 0.1) is 10.9 Å². The third-order valence-electron chi connectivity index (χ3n) is 4.27. The molecule has 0 fully saturated rings. The smallest absolute Gasteiger partial charge is 0.261 e. The number of hydrogen-bond donors (Lipinski definition) is 1. The number of hydrogen-bond acceptors (Lipinski definition) is 3. The summed E-state index contributed by atoms with van der Waals surface area (Å²) in [6, 6.07) is 14.7. The Kier molecular flexibility index (Phi) is 3.27. The van der Waals surface area contributed by atoms with Crippen LogP contribution < -0.4 is 11.3 Å². The second-order valence-corrected chi connectivity index (χ2v) is 5.82. The summed E-state index contributed by atoms with van der Waals surface area (Å²) in [6.45, 7) is 0.618. The van der Waals surface area contributed by atoms with Crippen molar-refractivity contribution < 1.29 is 4.79 Å². The molecule has 1 aromatic heterocycles. The summed E-state index contributed by atoms with van der Waals surface area (Å²) in [5.41, 5.74) is 8.19. The fourth-order valence-corrected chi connectivity index (χ4v) is 3.06. The lowest BCUT2D eigenvalue weighted by molar-refractivity contribution is 0.100. The molecule has 2 aromatic carbocycles. The van der Waals surface area contributed by atoms with Crippen LogP contribution in [-0.4, -0.2) is 15.5 Å². The summed E-state index contributed by atoms with van der Waals surface area (Å²) in [4.78, 5) is 28.7. The van der Waals surface area contributed by atoms with Crippen LogP contribution in [0.5, 0.6) is 0 Å². The second-order valence-electron chi connectivity index (χ2n) is 5.82. The van der Waals surface area contributed by atoms with E-state index in [4.69, 9.17) is 5.73 Å². The lowest BCUT2D eigenvalue weighted by Crippen LogP contribution is -2.21. The van der Waals surface area contributed by atoms with Gasteiger partial charge in [-0.1, -0.05) is 30.3 Å². The van der Waals surface area contributed by atoms with Crippen LogP contribution in [0.25, 0.3) is 22.6 Å². The van der Waals surface area contributed by atoms with Crippen molar-refractivity contribution in [3.8, 4) is 0 Å². The number of amides is 1. The number of fused-ring (bicyclic) bond motifs is 2. The van der Waals surface area contributed by atoms with Crippen LogP contribution in [0.3, 0.4) is 0 Å². The van der Waals surface area contributed by atoms with Crippen LogP contribution in [-0.2, 0) is 6.54 Å². The van der Waals surface area contributed by atoms with E-state index >= 15 is 0 Å². The number of aromatic nitrogens is 2. The van der Waals surface area contributed by atoms with Crippen LogP contribution in [0.4, 0.5) is 0 Å². The standard InChI is InChI=1S/C19H15N3O2/c20-17(23)13-6-7-15-16(11-13)21-18-14(8-9-22(18)19(15)24)10-12-4-2-1-3-5-12/h1-7,10-11H,8-9H2,(H2,20,23)/b14-10+. The van der Waals surface area contributed by atoms with Crippen molar-refractivity contribution in [2.24, 2.45) is 5.73 Å². The van der Waals surface area contributed by atoms with Crippen molar-refractivity contribution in [1.29, 1.82) is 0 Å². The number of benzene rings is 2. The molecule has 24 heavy (non-hydrogen) atoms. The zero-order valence-corrected chi connectivity index (χ0v) is 12.9. The largest absolute Gasteiger partial charge is 0.366 e. The molecule has 0 spiro atoms. The summed E-state index contributed by atoms with van der Waals surface area (Å²) in [6.07, 6.45) is 2.81. The van der Waals surface area contributed by atoms with Gasteiger partial charge in [-0.2, -0.15) is 0 Å². The van der Waals surface area contributed by atoms with Gasteiger partial charge in [-0.15, -0.1) is 0 Å². The highest BCUT2D eigenvalue weighted by atomic mass is 16.1. The summed E-state index contributed by atoms with van der Waals surface area (Å²) in [5.74, 6) is 0.136. The van der Waals surface area contributed by atoms with E-state index in [2.05, 4.69) is 11.1 Å². The second kappa shape index (κ2) is 5.45. The molecule has 4 rings (SSSR count). The maximum atomic E-state index is 12.7. The van der Waals surface area contributed by atoms with Gasteiger partial charge in [0.1, 0.15) is 5.82 Å². The highest BCUT2D eigenvalue weighted by Gasteiger charge is 2.21. The molecule has 1 aliphatic heterocycles. The van der Waals surface area contributed by atoms with E-state index in [9.17, 15) is 9.59 Å². The molecule has 3 aromatic rings. The van der Waals surface area contributed by atoms with E-state index in [-0.39, 0.29) is 5.56 Å². The molecule has 2 N–H and O–H groups in total. The monoisotopic (exact) mass is 317 g/mol. The van der Waals surface area contributed by atoms with Crippen molar-refractivity contribution in [3.05, 3.63) is 75.8 Å². The topological polar surface area (TPSA) is 78.0 Å². The minimum absolute atomic E-state index is 0.0810. The van der Waals surface area contributed by atoms with E-state index in [0.717, 1.165) is 17.6 Å². The van der Waals surface area contributed by atoms with Crippen LogP contribution in [0.15, 0.2) is 53.3 Å². The quantitative estimate of drug-likeness (QED) is 0.788. The van der Waals surface area contributed by atoms with Crippen LogP contribution in [0.2, 0.25) is 0 Å². The molecular weight excluding hydrogens is 302 g/mol. The van der Waals surface area contributed by atoms with Crippen LogP contribution in [0, 0.1) is 0 Å². The molecule has 1 aliphatic rings. The van der Waals surface area contributed by atoms with Crippen LogP contribution >= 0.6 is 0 Å². The maximum absolute atomic E-state index is 12.7. The third-order valence-corrected chi connectivity index (χ3v) is 4.27. The number of nitrogens with zero attached hydrogens (tertiary/aromatic N) is 2. The average molecular weight is 317 g/mol. The number of nitrogens with two attached hydrogens (primary N) is 1. The molecule has 118 valence electrons. The Balaban J connectivity index is 1.92. The molecule has 5 nitrogen and oxygen atoms in total. The summed E-state index contributed by atoms with van der Waals surface area (Å²) in [7, 11) is 0. The first-order chi connectivity index (χ1) is 11.6. The number of primary amides is 1. The summed E-state index contributed by atoms with van der Waals surface area (Å²) in [5, 5.41) is 0.504. The summed E-state index contributed by atoms with van der Waals surface area (Å²) < 4.78 is 1.70. The normalized spacial score (nSPS) is 14.9. The first-order valence-electron chi connectivity index (χ1n) is 7.74. The van der Waals surface area contributed by atoms with Gasteiger partial charge in [0.25, 0.3) is 5.56 Å². The van der Waals surface area contributed by atoms with Gasteiger partial charge in [-0.25, -0.2) is 4.98 Å². The Bertz CT molecular complexity index is 1050. The molecule has 0 saturated carbocycles. The third kappa shape index (κ3) is 2.31. The van der Waals surface area contributed by atoms with Gasteiger partial charge in [0.2, 0.25) is 5.91 Å². The Morgan fingerprint density at radius 2 is 1.96 bits per heavy atom. The zero-order valence-electron chi connectivity index (χ0n) is 12.9. The molecule has 0 aliphatic carbocycles. The van der Waals surface area contributed by atoms with Gasteiger partial charge < -0.3 is 5.73 Å². The van der Waals surface area contributed by atoms with Gasteiger partial charge in [-0.3, -0.25) is 14.2 Å². The van der Waals surface area contributed by atoms with Gasteiger partial charge in [-0.05, 0) is 41.8 Å². The predicted molar refractivity (Wildman–Crippen MR) is 93.5 cm³/mol. The zero-order chi connectivity index (χ0) is 16.7. The van der Waals surface area contributed by atoms with Crippen molar-refractivity contribution >= 4 is 28.5 Å². The first kappa shape index (κ1) is 14.4. The Morgan fingerprint density at radius 3 is 2.71 bits per heavy atom. The average Bonchev–Trinajstić information content (AvgIpc) is 2.98. The van der Waals surface area contributed by atoms with Crippen molar-refractivity contribution in [3.63, 3.8) is 0 Å². The molecule has 1 amide bonds. The Hall–Kier alpha value is -3.21. The number of allylic oxidation sites excluding steroid dienone is 1. The molecule has 0 bridgehead atoms. The van der Waals surface area contributed by atoms with Gasteiger partial charge in [0, 0.05) is 12.1 Å². The molecule has 0 saturated heterocycles. The first-order valence-corrected chi connectivity index (χ1v) is 7.74. The summed E-state index contributed by atoms with van der Waals surface area (Å²) >= 11 is 0. The highest BCUT2D eigenvalue weighted by Crippen LogP contribution is 2.27. The fraction of sp³-hybridized carbons (Fsp3) is 0.105. The molecule has 5 heteroatoms. The lowest BCUT2D eigenvalue weighted by atomic mass is 10.1. The van der Waals surface area contributed by atoms with Gasteiger partial charge in [0.15, 0.2) is 0 Å². The van der Waals surface area contributed by atoms with E-state index in [1.807, 2.05) is 30.3 Å². The highest BCUT2D eigenvalue weighted by molar-refractivity contribution is 5.97. The van der Waals surface area contributed by atoms with Crippen LogP contribution in [0.1, 0.15) is 28.2 Å². The Morgan fingerprint density at radius 1 is 1.17 bits per heavy atom. The molecule has 2 heterocycles. The minimum atomic E-state index is -0.528. The van der Waals surface area contributed by atoms with Crippen molar-refractivity contribution in [2.75, 3.05) is 0 Å². The Labute approximate surface area is 138 Å².